The summed E-state index contributed by atoms with van der Waals surface area (Å²) in [6.07, 6.45) is 0.822. The number of H-pyrrole nitrogens is 1. The molecule has 1 amide bonds. The number of carbonyl (C=O) groups excluding carboxylic acids is 1. The van der Waals surface area contributed by atoms with Gasteiger partial charge in [0.1, 0.15) is 23.3 Å². The first kappa shape index (κ1) is 16.8. The molecule has 110 valence electrons. The Hall–Kier alpha value is -2.25. The SMILES string of the molecule is CCC(C)(C)NC(=O)CSc1[nH+]c(N)c(C#N)cc1C#N. The van der Waals surface area contributed by atoms with E-state index in [4.69, 9.17) is 16.3 Å². The number of pyridine rings is 1. The number of amides is 1. The van der Waals surface area contributed by atoms with E-state index in [1.54, 1.807) is 0 Å². The molecule has 0 unspecified atom stereocenters. The van der Waals surface area contributed by atoms with Gasteiger partial charge in [0.2, 0.25) is 5.91 Å². The van der Waals surface area contributed by atoms with Crippen molar-refractivity contribution in [3.63, 3.8) is 0 Å². The minimum absolute atomic E-state index is 0.118. The summed E-state index contributed by atoms with van der Waals surface area (Å²) in [7, 11) is 0. The van der Waals surface area contributed by atoms with Crippen LogP contribution in [0.4, 0.5) is 5.82 Å². The monoisotopic (exact) mass is 304 g/mol. The summed E-state index contributed by atoms with van der Waals surface area (Å²) in [5, 5.41) is 21.4. The maximum Gasteiger partial charge on any atom is 0.289 e. The third kappa shape index (κ3) is 4.66. The lowest BCUT2D eigenvalue weighted by Crippen LogP contribution is -2.43. The second-order valence-corrected chi connectivity index (χ2v) is 6.12. The number of rotatable bonds is 5. The summed E-state index contributed by atoms with van der Waals surface area (Å²) in [5.74, 6) is 0.236. The quantitative estimate of drug-likeness (QED) is 0.793. The van der Waals surface area contributed by atoms with Crippen LogP contribution in [0.15, 0.2) is 11.1 Å². The smallest absolute Gasteiger partial charge is 0.289 e. The highest BCUT2D eigenvalue weighted by atomic mass is 32.2. The van der Waals surface area contributed by atoms with Crippen molar-refractivity contribution in [2.45, 2.75) is 37.8 Å². The van der Waals surface area contributed by atoms with E-state index < -0.39 is 0 Å². The lowest BCUT2D eigenvalue weighted by Gasteiger charge is -2.24. The first-order valence-corrected chi connectivity index (χ1v) is 7.41. The lowest BCUT2D eigenvalue weighted by atomic mass is 10.0. The predicted octanol–water partition coefficient (Wildman–Crippen LogP) is 1.22. The number of aromatic nitrogens is 1. The molecular formula is C14H18N5OS+. The van der Waals surface area contributed by atoms with Crippen LogP contribution < -0.4 is 16.0 Å². The van der Waals surface area contributed by atoms with Gasteiger partial charge >= 0.3 is 0 Å². The maximum absolute atomic E-state index is 11.9. The molecule has 0 saturated heterocycles. The Morgan fingerprint density at radius 1 is 1.43 bits per heavy atom. The Balaban J connectivity index is 2.81. The molecule has 1 aromatic heterocycles. The first-order chi connectivity index (χ1) is 9.82. The number of nitrogens with zero attached hydrogens (tertiary/aromatic N) is 2. The third-order valence-electron chi connectivity index (χ3n) is 3.02. The van der Waals surface area contributed by atoms with Crippen molar-refractivity contribution in [1.82, 2.24) is 5.32 Å². The minimum Gasteiger partial charge on any atom is -0.351 e. The number of nitriles is 2. The summed E-state index contributed by atoms with van der Waals surface area (Å²) in [6.45, 7) is 5.89. The molecular weight excluding hydrogens is 286 g/mol. The summed E-state index contributed by atoms with van der Waals surface area (Å²) in [5.41, 5.74) is 5.94. The predicted molar refractivity (Wildman–Crippen MR) is 80.1 cm³/mol. The van der Waals surface area contributed by atoms with Crippen molar-refractivity contribution >= 4 is 23.5 Å². The molecule has 1 heterocycles. The van der Waals surface area contributed by atoms with Gasteiger partial charge in [-0.2, -0.15) is 10.5 Å². The molecule has 0 saturated carbocycles. The van der Waals surface area contributed by atoms with E-state index in [1.165, 1.54) is 17.8 Å². The molecule has 4 N–H and O–H groups in total. The number of hydrogen-bond acceptors (Lipinski definition) is 5. The zero-order valence-electron chi connectivity index (χ0n) is 12.3. The lowest BCUT2D eigenvalue weighted by molar-refractivity contribution is -0.410. The van der Waals surface area contributed by atoms with E-state index in [2.05, 4.69) is 10.3 Å². The molecule has 21 heavy (non-hydrogen) atoms. The number of hydrogen-bond donors (Lipinski definition) is 2. The number of nitrogens with two attached hydrogens (primary N) is 1. The molecule has 6 nitrogen and oxygen atoms in total. The Kier molecular flexibility index (Phi) is 5.57. The molecule has 0 aliphatic heterocycles. The number of anilines is 1. The van der Waals surface area contributed by atoms with Gasteiger partial charge in [-0.1, -0.05) is 18.7 Å². The Bertz CT molecular complexity index is 627. The topological polar surface area (TPSA) is 117 Å². The van der Waals surface area contributed by atoms with Crippen LogP contribution in [-0.4, -0.2) is 17.2 Å². The molecule has 0 fully saturated rings. The van der Waals surface area contributed by atoms with Gasteiger partial charge in [-0.15, -0.1) is 0 Å². The van der Waals surface area contributed by atoms with Crippen molar-refractivity contribution in [3.8, 4) is 12.1 Å². The largest absolute Gasteiger partial charge is 0.351 e. The number of thioether (sulfide) groups is 1. The van der Waals surface area contributed by atoms with E-state index in [9.17, 15) is 4.79 Å². The first-order valence-electron chi connectivity index (χ1n) is 6.42. The molecule has 0 aliphatic rings. The van der Waals surface area contributed by atoms with Crippen LogP contribution in [-0.2, 0) is 4.79 Å². The highest BCUT2D eigenvalue weighted by Gasteiger charge is 2.20. The van der Waals surface area contributed by atoms with Crippen molar-refractivity contribution < 1.29 is 9.78 Å². The summed E-state index contributed by atoms with van der Waals surface area (Å²) in [4.78, 5) is 14.7. The van der Waals surface area contributed by atoms with Gasteiger partial charge in [0, 0.05) is 5.54 Å². The highest BCUT2D eigenvalue weighted by molar-refractivity contribution is 7.99. The number of nitrogens with one attached hydrogen (secondary N) is 2. The number of carbonyl (C=O) groups is 1. The van der Waals surface area contributed by atoms with Gasteiger partial charge in [-0.3, -0.25) is 10.5 Å². The average molecular weight is 304 g/mol. The van der Waals surface area contributed by atoms with Gasteiger partial charge in [0.25, 0.3) is 5.82 Å². The Morgan fingerprint density at radius 3 is 2.57 bits per heavy atom. The van der Waals surface area contributed by atoms with Gasteiger partial charge in [-0.25, -0.2) is 4.98 Å². The molecule has 0 aliphatic carbocycles. The highest BCUT2D eigenvalue weighted by Crippen LogP contribution is 2.20. The van der Waals surface area contributed by atoms with Crippen LogP contribution in [0, 0.1) is 22.7 Å². The van der Waals surface area contributed by atoms with E-state index in [1.807, 2.05) is 32.9 Å². The number of aromatic amines is 1. The molecule has 0 radical (unpaired) electrons. The average Bonchev–Trinajstić information content (AvgIpc) is 2.44. The molecule has 0 aromatic carbocycles. The molecule has 0 bridgehead atoms. The summed E-state index contributed by atoms with van der Waals surface area (Å²) < 4.78 is 0. The van der Waals surface area contributed by atoms with Crippen LogP contribution in [0.5, 0.6) is 0 Å². The van der Waals surface area contributed by atoms with Crippen LogP contribution in [0.25, 0.3) is 0 Å². The summed E-state index contributed by atoms with van der Waals surface area (Å²) in [6, 6.07) is 5.31. The van der Waals surface area contributed by atoms with Gasteiger partial charge in [0.05, 0.1) is 5.75 Å². The number of nitrogen functional groups attached to an aromatic ring is 1. The fourth-order valence-electron chi connectivity index (χ4n) is 1.47. The zero-order chi connectivity index (χ0) is 16.0. The molecule has 0 atom stereocenters. The van der Waals surface area contributed by atoms with Crippen LogP contribution in [0.3, 0.4) is 0 Å². The van der Waals surface area contributed by atoms with Gasteiger partial charge in [-0.05, 0) is 26.3 Å². The van der Waals surface area contributed by atoms with Crippen LogP contribution in [0.2, 0.25) is 0 Å². The van der Waals surface area contributed by atoms with Crippen LogP contribution >= 0.6 is 11.8 Å². The fourth-order valence-corrected chi connectivity index (χ4v) is 2.26. The minimum atomic E-state index is -0.261. The third-order valence-corrected chi connectivity index (χ3v) is 4.04. The second kappa shape index (κ2) is 6.96. The second-order valence-electron chi connectivity index (χ2n) is 5.14. The summed E-state index contributed by atoms with van der Waals surface area (Å²) >= 11 is 1.18. The molecule has 1 aromatic rings. The van der Waals surface area contributed by atoms with Gasteiger partial charge in [0.15, 0.2) is 5.03 Å². The molecule has 0 spiro atoms. The van der Waals surface area contributed by atoms with E-state index in [-0.39, 0.29) is 28.6 Å². The maximum atomic E-state index is 11.9. The fraction of sp³-hybridized carbons (Fsp3) is 0.429. The Labute approximate surface area is 128 Å². The van der Waals surface area contributed by atoms with E-state index >= 15 is 0 Å². The van der Waals surface area contributed by atoms with E-state index in [0.717, 1.165) is 6.42 Å². The van der Waals surface area contributed by atoms with Crippen molar-refractivity contribution in [2.24, 2.45) is 0 Å². The zero-order valence-corrected chi connectivity index (χ0v) is 13.1. The van der Waals surface area contributed by atoms with Gasteiger partial charge < -0.3 is 5.32 Å². The normalized spacial score (nSPS) is 10.5. The molecule has 1 rings (SSSR count). The van der Waals surface area contributed by atoms with E-state index in [0.29, 0.717) is 10.6 Å². The Morgan fingerprint density at radius 2 is 2.05 bits per heavy atom. The van der Waals surface area contributed by atoms with Crippen molar-refractivity contribution in [1.29, 1.82) is 10.5 Å². The van der Waals surface area contributed by atoms with Crippen LogP contribution in [0.1, 0.15) is 38.3 Å². The van der Waals surface area contributed by atoms with Crippen molar-refractivity contribution in [3.05, 3.63) is 17.2 Å². The van der Waals surface area contributed by atoms with Crippen molar-refractivity contribution in [2.75, 3.05) is 11.5 Å². The molecule has 7 heteroatoms. The standard InChI is InChI=1S/C14H17N5OS/c1-4-14(2,3)19-11(20)8-21-13-10(7-16)5-9(6-15)12(17)18-13/h5H,4,8H2,1-3H3,(H2,17,18)(H,19,20)/p+1.